The van der Waals surface area contributed by atoms with Gasteiger partial charge in [-0.25, -0.2) is 4.98 Å². The second-order valence-electron chi connectivity index (χ2n) is 7.37. The number of alkyl halides is 1. The Bertz CT molecular complexity index is 1000. The molecule has 1 saturated heterocycles. The molecule has 3 aromatic rings. The molecule has 1 amide bonds. The molecule has 0 unspecified atom stereocenters. The molecule has 2 aromatic heterocycles. The van der Waals surface area contributed by atoms with Crippen LogP contribution in [0.15, 0.2) is 42.6 Å². The van der Waals surface area contributed by atoms with Crippen molar-refractivity contribution in [3.8, 4) is 0 Å². The van der Waals surface area contributed by atoms with Crippen molar-refractivity contribution < 1.29 is 9.90 Å². The van der Waals surface area contributed by atoms with Crippen LogP contribution in [0.5, 0.6) is 0 Å². The normalized spacial score (nSPS) is 14.2. The maximum atomic E-state index is 12.3. The maximum Gasteiger partial charge on any atom is 0.227 e. The predicted octanol–water partition coefficient (Wildman–Crippen LogP) is 2.50. The second-order valence-corrected chi connectivity index (χ2v) is 7.74. The number of imidazole rings is 1. The second kappa shape index (κ2) is 8.39. The summed E-state index contributed by atoms with van der Waals surface area (Å²) in [5, 5.41) is 9.38. The highest BCUT2D eigenvalue weighted by Gasteiger charge is 2.30. The highest BCUT2D eigenvalue weighted by atomic mass is 35.5. The number of amides is 1. The zero-order valence-corrected chi connectivity index (χ0v) is 17.1. The number of anilines is 2. The van der Waals surface area contributed by atoms with E-state index in [0.717, 1.165) is 30.1 Å². The van der Waals surface area contributed by atoms with Crippen molar-refractivity contribution in [1.29, 1.82) is 0 Å². The number of rotatable bonds is 7. The summed E-state index contributed by atoms with van der Waals surface area (Å²) in [5.74, 6) is 1.36. The van der Waals surface area contributed by atoms with E-state index in [1.807, 2.05) is 24.3 Å². The molecule has 0 aliphatic carbocycles. The molecule has 0 radical (unpaired) electrons. The van der Waals surface area contributed by atoms with Crippen molar-refractivity contribution in [2.75, 3.05) is 42.4 Å². The van der Waals surface area contributed by atoms with Crippen LogP contribution in [0.2, 0.25) is 0 Å². The fraction of sp³-hybridized carbons (Fsp3) is 0.381. The minimum absolute atomic E-state index is 0.0518. The largest absolute Gasteiger partial charge is 0.396 e. The number of benzene rings is 1. The Balaban J connectivity index is 1.74. The maximum absolute atomic E-state index is 12.3. The number of nitrogens with zero attached hydrogens (tertiary/aromatic N) is 5. The summed E-state index contributed by atoms with van der Waals surface area (Å²) in [7, 11) is 1.73. The Labute approximate surface area is 174 Å². The molecule has 4 rings (SSSR count). The minimum Gasteiger partial charge on any atom is -0.396 e. The monoisotopic (exact) mass is 413 g/mol. The molecule has 0 spiro atoms. The highest BCUT2D eigenvalue weighted by Crippen LogP contribution is 2.30. The molecule has 3 heterocycles. The smallest absolute Gasteiger partial charge is 0.227 e. The van der Waals surface area contributed by atoms with Gasteiger partial charge in [-0.2, -0.15) is 4.98 Å². The number of fused-ring (bicyclic) bond motifs is 1. The van der Waals surface area contributed by atoms with Crippen LogP contribution in [0, 0.1) is 5.92 Å². The van der Waals surface area contributed by atoms with Crippen molar-refractivity contribution in [1.82, 2.24) is 14.5 Å². The first-order valence-corrected chi connectivity index (χ1v) is 10.2. The van der Waals surface area contributed by atoms with Crippen LogP contribution in [0.1, 0.15) is 12.0 Å². The van der Waals surface area contributed by atoms with Crippen LogP contribution in [0.3, 0.4) is 0 Å². The van der Waals surface area contributed by atoms with Gasteiger partial charge in [-0.05, 0) is 11.6 Å². The molecule has 1 N–H and O–H groups in total. The van der Waals surface area contributed by atoms with Gasteiger partial charge >= 0.3 is 0 Å². The lowest BCUT2D eigenvalue weighted by molar-refractivity contribution is -0.117. The lowest BCUT2D eigenvalue weighted by Crippen LogP contribution is -2.49. The first kappa shape index (κ1) is 19.7. The third kappa shape index (κ3) is 3.93. The van der Waals surface area contributed by atoms with Gasteiger partial charge in [-0.15, -0.1) is 11.6 Å². The number of halogens is 1. The molecule has 1 fully saturated rings. The number of hydrogen-bond acceptors (Lipinski definition) is 5. The molecule has 29 heavy (non-hydrogen) atoms. The summed E-state index contributed by atoms with van der Waals surface area (Å²) in [6, 6.07) is 12.1. The van der Waals surface area contributed by atoms with E-state index in [2.05, 4.69) is 26.6 Å². The summed E-state index contributed by atoms with van der Waals surface area (Å²) in [6.45, 7) is 2.38. The van der Waals surface area contributed by atoms with Gasteiger partial charge in [0.2, 0.25) is 11.9 Å². The van der Waals surface area contributed by atoms with Crippen molar-refractivity contribution in [2.24, 2.45) is 5.92 Å². The quantitative estimate of drug-likeness (QED) is 0.602. The molecular formula is C21H24ClN5O2. The van der Waals surface area contributed by atoms with Gasteiger partial charge in [0.1, 0.15) is 0 Å². The van der Waals surface area contributed by atoms with E-state index < -0.39 is 0 Å². The van der Waals surface area contributed by atoms with Crippen LogP contribution in [0.4, 0.5) is 11.6 Å². The molecule has 7 nitrogen and oxygen atoms in total. The van der Waals surface area contributed by atoms with Crippen LogP contribution < -0.4 is 9.80 Å². The van der Waals surface area contributed by atoms with E-state index in [0.29, 0.717) is 17.9 Å². The zero-order chi connectivity index (χ0) is 20.4. The summed E-state index contributed by atoms with van der Waals surface area (Å²) >= 11 is 5.72. The molecular weight excluding hydrogens is 390 g/mol. The van der Waals surface area contributed by atoms with Crippen molar-refractivity contribution in [2.45, 2.75) is 13.0 Å². The van der Waals surface area contributed by atoms with Crippen molar-refractivity contribution >= 4 is 40.3 Å². The number of aromatic nitrogens is 3. The lowest BCUT2D eigenvalue weighted by Gasteiger charge is -2.39. The van der Waals surface area contributed by atoms with E-state index in [1.165, 1.54) is 0 Å². The molecule has 0 atom stereocenters. The Morgan fingerprint density at radius 3 is 2.76 bits per heavy atom. The number of pyridine rings is 1. The summed E-state index contributed by atoms with van der Waals surface area (Å²) in [4.78, 5) is 25.3. The highest BCUT2D eigenvalue weighted by molar-refractivity contribution is 6.19. The Hall–Kier alpha value is -2.64. The van der Waals surface area contributed by atoms with Gasteiger partial charge in [0.25, 0.3) is 0 Å². The predicted molar refractivity (Wildman–Crippen MR) is 115 cm³/mol. The third-order valence-corrected chi connectivity index (χ3v) is 5.51. The molecule has 0 saturated carbocycles. The van der Waals surface area contributed by atoms with Crippen LogP contribution >= 0.6 is 11.6 Å². The van der Waals surface area contributed by atoms with Gasteiger partial charge in [0.15, 0.2) is 5.65 Å². The van der Waals surface area contributed by atoms with Crippen LogP contribution in [-0.4, -0.2) is 58.2 Å². The minimum atomic E-state index is -0.0518. The molecule has 1 aromatic carbocycles. The molecule has 1 aliphatic heterocycles. The van der Waals surface area contributed by atoms with Crippen LogP contribution in [0.25, 0.3) is 11.2 Å². The molecule has 8 heteroatoms. The third-order valence-electron chi connectivity index (χ3n) is 5.32. The van der Waals surface area contributed by atoms with Gasteiger partial charge in [-0.1, -0.05) is 30.3 Å². The van der Waals surface area contributed by atoms with E-state index >= 15 is 0 Å². The standard InChI is InChI=1S/C21H24ClN5O2/c1-25(19(29)7-8-22)17-9-18-20(23-10-17)24-21(26-11-16(12-26)14-28)27(18)13-15-5-3-2-4-6-15/h2-6,9-10,16,28H,7-8,11-14H2,1H3. The van der Waals surface area contributed by atoms with E-state index in [-0.39, 0.29) is 30.7 Å². The summed E-state index contributed by atoms with van der Waals surface area (Å²) in [5.41, 5.74) is 3.39. The Morgan fingerprint density at radius 2 is 2.07 bits per heavy atom. The zero-order valence-electron chi connectivity index (χ0n) is 16.3. The van der Waals surface area contributed by atoms with Gasteiger partial charge in [0.05, 0.1) is 23.9 Å². The fourth-order valence-corrected chi connectivity index (χ4v) is 3.73. The average molecular weight is 414 g/mol. The van der Waals surface area contributed by atoms with Gasteiger partial charge in [0, 0.05) is 45.0 Å². The number of hydrogen-bond donors (Lipinski definition) is 1. The lowest BCUT2D eigenvalue weighted by atomic mass is 10.0. The number of carbonyl (C=O) groups is 1. The van der Waals surface area contributed by atoms with E-state index in [9.17, 15) is 9.90 Å². The van der Waals surface area contributed by atoms with Crippen molar-refractivity contribution in [3.05, 3.63) is 48.2 Å². The fourth-order valence-electron chi connectivity index (χ4n) is 3.57. The first-order chi connectivity index (χ1) is 14.1. The average Bonchev–Trinajstić information content (AvgIpc) is 3.05. The topological polar surface area (TPSA) is 74.5 Å². The SMILES string of the molecule is CN(C(=O)CCCl)c1cnc2nc(N3CC(CO)C3)n(Cc3ccccc3)c2c1. The molecule has 1 aliphatic rings. The summed E-state index contributed by atoms with van der Waals surface area (Å²) in [6.07, 6.45) is 1.95. The van der Waals surface area contributed by atoms with E-state index in [1.54, 1.807) is 18.1 Å². The van der Waals surface area contributed by atoms with Crippen molar-refractivity contribution in [3.63, 3.8) is 0 Å². The molecule has 152 valence electrons. The van der Waals surface area contributed by atoms with Gasteiger partial charge in [-0.3, -0.25) is 4.79 Å². The Kier molecular flexibility index (Phi) is 5.69. The van der Waals surface area contributed by atoms with Crippen LogP contribution in [-0.2, 0) is 11.3 Å². The number of carbonyl (C=O) groups excluding carboxylic acids is 1. The Morgan fingerprint density at radius 1 is 1.31 bits per heavy atom. The number of aliphatic hydroxyl groups is 1. The summed E-state index contributed by atoms with van der Waals surface area (Å²) < 4.78 is 2.13. The van der Waals surface area contributed by atoms with E-state index in [4.69, 9.17) is 16.6 Å². The van der Waals surface area contributed by atoms with Gasteiger partial charge < -0.3 is 19.5 Å². The molecule has 0 bridgehead atoms. The number of aliphatic hydroxyl groups excluding tert-OH is 1. The first-order valence-electron chi connectivity index (χ1n) is 9.69.